The molecule has 3 rings (SSSR count). The summed E-state index contributed by atoms with van der Waals surface area (Å²) in [7, 11) is 0. The minimum absolute atomic E-state index is 0.200. The number of halogens is 3. The van der Waals surface area contributed by atoms with Gasteiger partial charge in [0.2, 0.25) is 5.78 Å². The molecule has 0 saturated heterocycles. The number of benzene rings is 2. The van der Waals surface area contributed by atoms with Gasteiger partial charge in [0, 0.05) is 21.0 Å². The fourth-order valence-electron chi connectivity index (χ4n) is 1.93. The number of ketones is 1. The van der Waals surface area contributed by atoms with Gasteiger partial charge in [-0.1, -0.05) is 34.8 Å². The molecule has 1 heterocycles. The lowest BCUT2D eigenvalue weighted by molar-refractivity contribution is 0.101. The molecule has 0 unspecified atom stereocenters. The Labute approximate surface area is 129 Å². The predicted molar refractivity (Wildman–Crippen MR) is 81.1 cm³/mol. The van der Waals surface area contributed by atoms with Gasteiger partial charge in [0.1, 0.15) is 5.58 Å². The van der Waals surface area contributed by atoms with Crippen molar-refractivity contribution in [3.8, 4) is 0 Å². The highest BCUT2D eigenvalue weighted by molar-refractivity contribution is 6.36. The summed E-state index contributed by atoms with van der Waals surface area (Å²) in [4.78, 5) is 12.4. The minimum Gasteiger partial charge on any atom is -0.453 e. The van der Waals surface area contributed by atoms with E-state index in [1.807, 2.05) is 0 Å². The predicted octanol–water partition coefficient (Wildman–Crippen LogP) is 5.62. The summed E-state index contributed by atoms with van der Waals surface area (Å²) < 4.78 is 5.52. The molecule has 0 saturated carbocycles. The Morgan fingerprint density at radius 2 is 1.60 bits per heavy atom. The van der Waals surface area contributed by atoms with Crippen molar-refractivity contribution < 1.29 is 9.21 Å². The van der Waals surface area contributed by atoms with Crippen molar-refractivity contribution in [2.24, 2.45) is 0 Å². The number of fused-ring (bicyclic) bond motifs is 1. The maximum atomic E-state index is 12.4. The van der Waals surface area contributed by atoms with Crippen LogP contribution in [0.4, 0.5) is 0 Å². The maximum absolute atomic E-state index is 12.4. The molecule has 3 aromatic rings. The van der Waals surface area contributed by atoms with Gasteiger partial charge in [0.15, 0.2) is 5.76 Å². The van der Waals surface area contributed by atoms with E-state index in [1.165, 1.54) is 6.07 Å². The third kappa shape index (κ3) is 2.42. The minimum atomic E-state index is -0.315. The van der Waals surface area contributed by atoms with Crippen molar-refractivity contribution in [2.45, 2.75) is 0 Å². The summed E-state index contributed by atoms with van der Waals surface area (Å²) in [5.41, 5.74) is 0.903. The second kappa shape index (κ2) is 5.13. The lowest BCUT2D eigenvalue weighted by atomic mass is 10.1. The molecule has 0 aliphatic rings. The zero-order valence-electron chi connectivity index (χ0n) is 9.99. The lowest BCUT2D eigenvalue weighted by Crippen LogP contribution is -2.00. The van der Waals surface area contributed by atoms with E-state index in [1.54, 1.807) is 36.4 Å². The van der Waals surface area contributed by atoms with Gasteiger partial charge in [-0.3, -0.25) is 4.79 Å². The first-order chi connectivity index (χ1) is 9.54. The lowest BCUT2D eigenvalue weighted by Gasteiger charge is -2.01. The number of hydrogen-bond acceptors (Lipinski definition) is 2. The van der Waals surface area contributed by atoms with E-state index in [0.29, 0.717) is 26.2 Å². The molecule has 0 aliphatic carbocycles. The quantitative estimate of drug-likeness (QED) is 0.572. The molecule has 2 nitrogen and oxygen atoms in total. The second-order valence-corrected chi connectivity index (χ2v) is 5.53. The second-order valence-electron chi connectivity index (χ2n) is 4.25. The van der Waals surface area contributed by atoms with Crippen LogP contribution in [-0.4, -0.2) is 5.78 Å². The normalized spacial score (nSPS) is 10.9. The fourth-order valence-corrected chi connectivity index (χ4v) is 2.49. The number of carbonyl (C=O) groups excluding carboxylic acids is 1. The average Bonchev–Trinajstić information content (AvgIpc) is 2.83. The van der Waals surface area contributed by atoms with Crippen LogP contribution in [0.2, 0.25) is 15.1 Å². The van der Waals surface area contributed by atoms with Gasteiger partial charge >= 0.3 is 0 Å². The van der Waals surface area contributed by atoms with Crippen LogP contribution in [0.15, 0.2) is 46.9 Å². The molecule has 2 aromatic carbocycles. The van der Waals surface area contributed by atoms with E-state index in [4.69, 9.17) is 39.2 Å². The van der Waals surface area contributed by atoms with Crippen molar-refractivity contribution in [1.82, 2.24) is 0 Å². The Bertz CT molecular complexity index is 821. The van der Waals surface area contributed by atoms with E-state index in [0.717, 1.165) is 5.39 Å². The summed E-state index contributed by atoms with van der Waals surface area (Å²) in [6.45, 7) is 0. The molecule has 0 amide bonds. The molecular formula is C15H7Cl3O2. The summed E-state index contributed by atoms with van der Waals surface area (Å²) in [5, 5.41) is 2.12. The summed E-state index contributed by atoms with van der Waals surface area (Å²) in [6, 6.07) is 11.5. The highest BCUT2D eigenvalue weighted by Gasteiger charge is 2.18. The Hall–Kier alpha value is -1.48. The van der Waals surface area contributed by atoms with Gasteiger partial charge in [0.05, 0.1) is 5.02 Å². The van der Waals surface area contributed by atoms with Crippen molar-refractivity contribution in [2.75, 3.05) is 0 Å². The fraction of sp³-hybridized carbons (Fsp3) is 0. The van der Waals surface area contributed by atoms with Gasteiger partial charge in [-0.25, -0.2) is 0 Å². The molecule has 0 radical (unpaired) electrons. The van der Waals surface area contributed by atoms with Crippen LogP contribution in [0.1, 0.15) is 16.1 Å². The zero-order chi connectivity index (χ0) is 14.3. The van der Waals surface area contributed by atoms with E-state index in [2.05, 4.69) is 0 Å². The summed E-state index contributed by atoms with van der Waals surface area (Å²) in [6.07, 6.45) is 0. The average molecular weight is 326 g/mol. The van der Waals surface area contributed by atoms with E-state index in [9.17, 15) is 4.79 Å². The molecule has 5 heteroatoms. The molecule has 20 heavy (non-hydrogen) atoms. The molecule has 0 fully saturated rings. The molecular weight excluding hydrogens is 319 g/mol. The van der Waals surface area contributed by atoms with Crippen LogP contribution in [0.5, 0.6) is 0 Å². The molecule has 0 N–H and O–H groups in total. The molecule has 0 spiro atoms. The van der Waals surface area contributed by atoms with Crippen LogP contribution in [0, 0.1) is 0 Å². The van der Waals surface area contributed by atoms with Crippen LogP contribution in [0.25, 0.3) is 11.0 Å². The van der Waals surface area contributed by atoms with Gasteiger partial charge < -0.3 is 4.42 Å². The maximum Gasteiger partial charge on any atom is 0.229 e. The van der Waals surface area contributed by atoms with E-state index < -0.39 is 0 Å². The molecule has 100 valence electrons. The number of hydrogen-bond donors (Lipinski definition) is 0. The first kappa shape index (κ1) is 13.5. The third-order valence-corrected chi connectivity index (χ3v) is 3.67. The van der Waals surface area contributed by atoms with E-state index in [-0.39, 0.29) is 11.5 Å². The van der Waals surface area contributed by atoms with Crippen LogP contribution in [-0.2, 0) is 0 Å². The van der Waals surface area contributed by atoms with Crippen LogP contribution < -0.4 is 0 Å². The highest BCUT2D eigenvalue weighted by Crippen LogP contribution is 2.27. The highest BCUT2D eigenvalue weighted by atomic mass is 35.5. The van der Waals surface area contributed by atoms with Crippen molar-refractivity contribution in [3.05, 3.63) is 68.9 Å². The van der Waals surface area contributed by atoms with Crippen LogP contribution in [0.3, 0.4) is 0 Å². The molecule has 0 atom stereocenters. The van der Waals surface area contributed by atoms with Crippen molar-refractivity contribution in [3.63, 3.8) is 0 Å². The standard InChI is InChI=1S/C15H7Cl3O2/c16-9-2-4-13-8(5-9)6-14(20-13)15(19)11-7-10(17)1-3-12(11)18/h1-7H. The van der Waals surface area contributed by atoms with Crippen molar-refractivity contribution in [1.29, 1.82) is 0 Å². The SMILES string of the molecule is O=C(c1cc2cc(Cl)ccc2o1)c1cc(Cl)ccc1Cl. The Kier molecular flexibility index (Phi) is 3.47. The number of furan rings is 1. The van der Waals surface area contributed by atoms with Gasteiger partial charge in [-0.2, -0.15) is 0 Å². The molecule has 1 aromatic heterocycles. The largest absolute Gasteiger partial charge is 0.453 e. The van der Waals surface area contributed by atoms with Crippen molar-refractivity contribution >= 4 is 51.6 Å². The van der Waals surface area contributed by atoms with Gasteiger partial charge in [0.25, 0.3) is 0 Å². The molecule has 0 bridgehead atoms. The first-order valence-corrected chi connectivity index (χ1v) is 6.87. The Morgan fingerprint density at radius 1 is 0.900 bits per heavy atom. The summed E-state index contributed by atoms with van der Waals surface area (Å²) in [5.74, 6) is -0.115. The van der Waals surface area contributed by atoms with Gasteiger partial charge in [-0.15, -0.1) is 0 Å². The monoisotopic (exact) mass is 324 g/mol. The van der Waals surface area contributed by atoms with Crippen LogP contribution >= 0.6 is 34.8 Å². The Balaban J connectivity index is 2.10. The Morgan fingerprint density at radius 3 is 2.40 bits per heavy atom. The number of carbonyl (C=O) groups is 1. The van der Waals surface area contributed by atoms with E-state index >= 15 is 0 Å². The number of rotatable bonds is 2. The zero-order valence-corrected chi connectivity index (χ0v) is 12.3. The first-order valence-electron chi connectivity index (χ1n) is 5.73. The third-order valence-electron chi connectivity index (χ3n) is 2.88. The topological polar surface area (TPSA) is 30.2 Å². The summed E-state index contributed by atoms with van der Waals surface area (Å²) >= 11 is 17.8. The molecule has 0 aliphatic heterocycles. The van der Waals surface area contributed by atoms with Gasteiger partial charge in [-0.05, 0) is 42.5 Å². The smallest absolute Gasteiger partial charge is 0.229 e.